The van der Waals surface area contributed by atoms with Crippen LogP contribution in [0.2, 0.25) is 0 Å². The first-order valence-corrected chi connectivity index (χ1v) is 6.15. The van der Waals surface area contributed by atoms with Crippen molar-refractivity contribution in [1.82, 2.24) is 9.88 Å². The molecule has 5 nitrogen and oxygen atoms in total. The van der Waals surface area contributed by atoms with Gasteiger partial charge in [0.25, 0.3) is 11.5 Å². The summed E-state index contributed by atoms with van der Waals surface area (Å²) in [7, 11) is 1.65. The van der Waals surface area contributed by atoms with E-state index in [9.17, 15) is 9.59 Å². The quantitative estimate of drug-likeness (QED) is 0.802. The minimum atomic E-state index is -0.363. The van der Waals surface area contributed by atoms with Gasteiger partial charge < -0.3 is 15.6 Å². The number of amides is 1. The van der Waals surface area contributed by atoms with E-state index >= 15 is 0 Å². The molecule has 1 aliphatic carbocycles. The first-order chi connectivity index (χ1) is 8.46. The summed E-state index contributed by atoms with van der Waals surface area (Å²) in [6, 6.07) is 2.99. The summed E-state index contributed by atoms with van der Waals surface area (Å²) in [6.45, 7) is 2.37. The number of aromatic nitrogens is 1. The molecule has 1 aromatic heterocycles. The van der Waals surface area contributed by atoms with Crippen molar-refractivity contribution in [2.45, 2.75) is 25.3 Å². The van der Waals surface area contributed by atoms with E-state index in [0.717, 1.165) is 12.8 Å². The van der Waals surface area contributed by atoms with Gasteiger partial charge >= 0.3 is 0 Å². The highest BCUT2D eigenvalue weighted by Crippen LogP contribution is 2.39. The van der Waals surface area contributed by atoms with Crippen LogP contribution in [0, 0.1) is 5.92 Å². The highest BCUT2D eigenvalue weighted by molar-refractivity contribution is 5.94. The molecule has 0 saturated heterocycles. The topological polar surface area (TPSA) is 77.1 Å². The van der Waals surface area contributed by atoms with Crippen molar-refractivity contribution in [2.75, 3.05) is 6.54 Å². The molecule has 1 aromatic rings. The van der Waals surface area contributed by atoms with Crippen molar-refractivity contribution in [2.24, 2.45) is 18.7 Å². The fourth-order valence-corrected chi connectivity index (χ4v) is 2.06. The van der Waals surface area contributed by atoms with E-state index < -0.39 is 0 Å². The fourth-order valence-electron chi connectivity index (χ4n) is 2.06. The van der Waals surface area contributed by atoms with Gasteiger partial charge in [0.15, 0.2) is 0 Å². The number of carbonyl (C=O) groups is 1. The second-order valence-corrected chi connectivity index (χ2v) is 5.21. The summed E-state index contributed by atoms with van der Waals surface area (Å²) >= 11 is 0. The Labute approximate surface area is 106 Å². The third-order valence-electron chi connectivity index (χ3n) is 3.67. The average molecular weight is 249 g/mol. The molecule has 1 saturated carbocycles. The van der Waals surface area contributed by atoms with Gasteiger partial charge in [0.05, 0.1) is 5.54 Å². The van der Waals surface area contributed by atoms with Crippen molar-refractivity contribution in [3.63, 3.8) is 0 Å². The maximum absolute atomic E-state index is 12.1. The molecule has 3 N–H and O–H groups in total. The molecule has 0 spiro atoms. The molecule has 1 fully saturated rings. The lowest BCUT2D eigenvalue weighted by atomic mass is 9.95. The van der Waals surface area contributed by atoms with E-state index in [0.29, 0.717) is 18.0 Å². The second kappa shape index (κ2) is 4.57. The van der Waals surface area contributed by atoms with Crippen LogP contribution in [0.1, 0.15) is 30.1 Å². The van der Waals surface area contributed by atoms with E-state index in [1.807, 2.05) is 6.92 Å². The summed E-state index contributed by atoms with van der Waals surface area (Å²) in [4.78, 5) is 23.6. The molecular formula is C13H19N3O2. The van der Waals surface area contributed by atoms with Crippen LogP contribution in [-0.2, 0) is 7.05 Å². The van der Waals surface area contributed by atoms with Crippen molar-refractivity contribution in [3.8, 4) is 0 Å². The van der Waals surface area contributed by atoms with Crippen LogP contribution in [0.5, 0.6) is 0 Å². The lowest BCUT2D eigenvalue weighted by Gasteiger charge is -2.29. The van der Waals surface area contributed by atoms with Gasteiger partial charge in [0.1, 0.15) is 0 Å². The number of hydrogen-bond donors (Lipinski definition) is 2. The molecule has 2 rings (SSSR count). The fraction of sp³-hybridized carbons (Fsp3) is 0.538. The van der Waals surface area contributed by atoms with Crippen LogP contribution in [0.25, 0.3) is 0 Å². The first kappa shape index (κ1) is 12.8. The lowest BCUT2D eigenvalue weighted by molar-refractivity contribution is 0.0897. The van der Waals surface area contributed by atoms with Crippen molar-refractivity contribution >= 4 is 5.91 Å². The summed E-state index contributed by atoms with van der Waals surface area (Å²) in [5.74, 6) is 0.227. The van der Waals surface area contributed by atoms with Crippen LogP contribution in [0.15, 0.2) is 23.1 Å². The normalized spacial score (nSPS) is 18.2. The minimum Gasteiger partial charge on any atom is -0.345 e. The molecule has 0 aliphatic heterocycles. The molecule has 18 heavy (non-hydrogen) atoms. The van der Waals surface area contributed by atoms with Gasteiger partial charge in [-0.05, 0) is 31.7 Å². The van der Waals surface area contributed by atoms with Crippen molar-refractivity contribution in [3.05, 3.63) is 34.2 Å². The smallest absolute Gasteiger partial charge is 0.252 e. The Bertz CT molecular complexity index is 519. The predicted octanol–water partition coefficient (Wildman–Crippen LogP) is 0.243. The number of rotatable bonds is 4. The molecule has 5 heteroatoms. The summed E-state index contributed by atoms with van der Waals surface area (Å²) < 4.78 is 1.43. The molecule has 0 bridgehead atoms. The first-order valence-electron chi connectivity index (χ1n) is 6.15. The van der Waals surface area contributed by atoms with Crippen LogP contribution in [0.4, 0.5) is 0 Å². The maximum Gasteiger partial charge on any atom is 0.252 e. The predicted molar refractivity (Wildman–Crippen MR) is 69.3 cm³/mol. The minimum absolute atomic E-state index is 0.191. The zero-order chi connectivity index (χ0) is 13.3. The maximum atomic E-state index is 12.1. The van der Waals surface area contributed by atoms with Gasteiger partial charge in [-0.25, -0.2) is 0 Å². The Hall–Kier alpha value is -1.62. The zero-order valence-electron chi connectivity index (χ0n) is 10.8. The van der Waals surface area contributed by atoms with E-state index in [1.54, 1.807) is 19.3 Å². The number of carbonyl (C=O) groups excluding carboxylic acids is 1. The van der Waals surface area contributed by atoms with Crippen LogP contribution >= 0.6 is 0 Å². The van der Waals surface area contributed by atoms with E-state index in [-0.39, 0.29) is 17.0 Å². The van der Waals surface area contributed by atoms with Gasteiger partial charge in [-0.1, -0.05) is 0 Å². The standard InChI is InChI=1S/C13H19N3O2/c1-13(8-14,10-3-4-10)15-12(18)9-5-6-16(2)11(17)7-9/h5-7,10H,3-4,8,14H2,1-2H3,(H,15,18). The third-order valence-corrected chi connectivity index (χ3v) is 3.67. The van der Waals surface area contributed by atoms with Gasteiger partial charge in [-0.3, -0.25) is 9.59 Å². The zero-order valence-corrected chi connectivity index (χ0v) is 10.8. The number of nitrogens with one attached hydrogen (secondary N) is 1. The molecule has 0 aromatic carbocycles. The van der Waals surface area contributed by atoms with Crippen LogP contribution in [0.3, 0.4) is 0 Å². The Balaban J connectivity index is 2.16. The van der Waals surface area contributed by atoms with Crippen LogP contribution in [-0.4, -0.2) is 22.6 Å². The van der Waals surface area contributed by atoms with E-state index in [2.05, 4.69) is 5.32 Å². The number of hydrogen-bond acceptors (Lipinski definition) is 3. The molecule has 98 valence electrons. The molecule has 1 unspecified atom stereocenters. The SMILES string of the molecule is Cn1ccc(C(=O)NC(C)(CN)C2CC2)cc1=O. The molecular weight excluding hydrogens is 230 g/mol. The Morgan fingerprint density at radius 1 is 1.61 bits per heavy atom. The van der Waals surface area contributed by atoms with E-state index in [1.165, 1.54) is 10.6 Å². The van der Waals surface area contributed by atoms with Gasteiger partial charge in [0, 0.05) is 31.4 Å². The van der Waals surface area contributed by atoms with Crippen LogP contribution < -0.4 is 16.6 Å². The molecule has 1 amide bonds. The average Bonchev–Trinajstić information content (AvgIpc) is 3.16. The summed E-state index contributed by atoms with van der Waals surface area (Å²) in [6.07, 6.45) is 3.79. The van der Waals surface area contributed by atoms with Crippen molar-refractivity contribution < 1.29 is 4.79 Å². The largest absolute Gasteiger partial charge is 0.345 e. The highest BCUT2D eigenvalue weighted by Gasteiger charge is 2.41. The van der Waals surface area contributed by atoms with E-state index in [4.69, 9.17) is 5.73 Å². The number of pyridine rings is 1. The number of nitrogens with zero attached hydrogens (tertiary/aromatic N) is 1. The van der Waals surface area contributed by atoms with Gasteiger partial charge in [-0.2, -0.15) is 0 Å². The monoisotopic (exact) mass is 249 g/mol. The molecule has 0 radical (unpaired) electrons. The third kappa shape index (κ3) is 2.46. The second-order valence-electron chi connectivity index (χ2n) is 5.21. The Morgan fingerprint density at radius 3 is 2.78 bits per heavy atom. The highest BCUT2D eigenvalue weighted by atomic mass is 16.2. The molecule has 1 aliphatic rings. The molecule has 1 heterocycles. The number of nitrogens with two attached hydrogens (primary N) is 1. The summed E-state index contributed by atoms with van der Waals surface area (Å²) in [5, 5.41) is 2.96. The van der Waals surface area contributed by atoms with Crippen molar-refractivity contribution in [1.29, 1.82) is 0 Å². The Morgan fingerprint density at radius 2 is 2.28 bits per heavy atom. The lowest BCUT2D eigenvalue weighted by Crippen LogP contribution is -2.53. The Kier molecular flexibility index (Phi) is 3.26. The molecule has 1 atom stereocenters. The van der Waals surface area contributed by atoms with Gasteiger partial charge in [0.2, 0.25) is 0 Å². The number of aryl methyl sites for hydroxylation is 1. The summed E-state index contributed by atoms with van der Waals surface area (Å²) in [5.41, 5.74) is 5.58. The van der Waals surface area contributed by atoms with Gasteiger partial charge in [-0.15, -0.1) is 0 Å².